The Labute approximate surface area is 102 Å². The third-order valence-corrected chi connectivity index (χ3v) is 2.71. The number of aliphatic hydroxyl groups is 2. The van der Waals surface area contributed by atoms with Gasteiger partial charge in [-0.3, -0.25) is 0 Å². The van der Waals surface area contributed by atoms with Crippen molar-refractivity contribution in [2.24, 2.45) is 0 Å². The maximum atomic E-state index is 10.2. The van der Waals surface area contributed by atoms with Gasteiger partial charge in [-0.05, 0) is 26.1 Å². The summed E-state index contributed by atoms with van der Waals surface area (Å²) in [6.45, 7) is 3.09. The summed E-state index contributed by atoms with van der Waals surface area (Å²) >= 11 is 0. The number of hydrogen-bond donors (Lipinski definition) is 2. The normalized spacial score (nSPS) is 12.8. The molecule has 0 spiro atoms. The third kappa shape index (κ3) is 4.00. The van der Waals surface area contributed by atoms with E-state index in [4.69, 9.17) is 9.84 Å². The van der Waals surface area contributed by atoms with E-state index in [1.54, 1.807) is 7.11 Å². The lowest BCUT2D eigenvalue weighted by atomic mass is 10.0. The zero-order valence-electron chi connectivity index (χ0n) is 10.7. The summed E-state index contributed by atoms with van der Waals surface area (Å²) in [5, 5.41) is 19.0. The van der Waals surface area contributed by atoms with Crippen LogP contribution in [0.5, 0.6) is 5.75 Å². The van der Waals surface area contributed by atoms with Crippen molar-refractivity contribution in [2.75, 3.05) is 33.9 Å². The highest BCUT2D eigenvalue weighted by atomic mass is 16.5. The highest BCUT2D eigenvalue weighted by Gasteiger charge is 2.15. The molecule has 96 valence electrons. The molecule has 1 aromatic rings. The molecule has 0 radical (unpaired) electrons. The molecule has 0 saturated heterocycles. The minimum absolute atomic E-state index is 0.0914. The lowest BCUT2D eigenvalue weighted by molar-refractivity contribution is 0.113. The van der Waals surface area contributed by atoms with Gasteiger partial charge < -0.3 is 19.8 Å². The van der Waals surface area contributed by atoms with Gasteiger partial charge in [-0.15, -0.1) is 0 Å². The lowest BCUT2D eigenvalue weighted by Crippen LogP contribution is -2.27. The van der Waals surface area contributed by atoms with E-state index in [0.29, 0.717) is 18.8 Å². The minimum atomic E-state index is -0.610. The molecule has 2 N–H and O–H groups in total. The first-order valence-corrected chi connectivity index (χ1v) is 5.70. The Bertz CT molecular complexity index is 355. The SMILES string of the molecule is COc1ccc(C)cc1C(O)CN(C)CCO. The smallest absolute Gasteiger partial charge is 0.124 e. The molecule has 0 aliphatic heterocycles. The Balaban J connectivity index is 2.79. The molecule has 0 aliphatic rings. The maximum Gasteiger partial charge on any atom is 0.124 e. The molecule has 17 heavy (non-hydrogen) atoms. The first-order chi connectivity index (χ1) is 8.08. The number of hydrogen-bond acceptors (Lipinski definition) is 4. The van der Waals surface area contributed by atoms with Crippen molar-refractivity contribution in [3.8, 4) is 5.75 Å². The molecule has 4 nitrogen and oxygen atoms in total. The molecule has 1 rings (SSSR count). The second kappa shape index (κ2) is 6.59. The van der Waals surface area contributed by atoms with Crippen LogP contribution in [0.2, 0.25) is 0 Å². The van der Waals surface area contributed by atoms with Crippen LogP contribution < -0.4 is 4.74 Å². The minimum Gasteiger partial charge on any atom is -0.496 e. The zero-order valence-corrected chi connectivity index (χ0v) is 10.7. The average Bonchev–Trinajstić information content (AvgIpc) is 2.29. The Morgan fingerprint density at radius 1 is 1.41 bits per heavy atom. The van der Waals surface area contributed by atoms with Crippen molar-refractivity contribution in [1.82, 2.24) is 4.90 Å². The van der Waals surface area contributed by atoms with E-state index in [2.05, 4.69) is 0 Å². The van der Waals surface area contributed by atoms with E-state index in [-0.39, 0.29) is 6.61 Å². The summed E-state index contributed by atoms with van der Waals surface area (Å²) in [7, 11) is 3.46. The van der Waals surface area contributed by atoms with E-state index in [1.165, 1.54) is 0 Å². The monoisotopic (exact) mass is 239 g/mol. The van der Waals surface area contributed by atoms with Gasteiger partial charge in [0.15, 0.2) is 0 Å². The molecule has 0 fully saturated rings. The van der Waals surface area contributed by atoms with Gasteiger partial charge >= 0.3 is 0 Å². The number of benzene rings is 1. The van der Waals surface area contributed by atoms with Crippen LogP contribution in [0.25, 0.3) is 0 Å². The Hall–Kier alpha value is -1.10. The van der Waals surface area contributed by atoms with Gasteiger partial charge in [0, 0.05) is 18.7 Å². The zero-order chi connectivity index (χ0) is 12.8. The molecule has 0 aromatic heterocycles. The molecule has 1 atom stereocenters. The predicted molar refractivity (Wildman–Crippen MR) is 67.3 cm³/mol. The van der Waals surface area contributed by atoms with Gasteiger partial charge in [-0.2, -0.15) is 0 Å². The van der Waals surface area contributed by atoms with Gasteiger partial charge in [-0.25, -0.2) is 0 Å². The standard InChI is InChI=1S/C13H21NO3/c1-10-4-5-13(17-3)11(8-10)12(16)9-14(2)6-7-15/h4-5,8,12,15-16H,6-7,9H2,1-3H3. The van der Waals surface area contributed by atoms with Crippen LogP contribution in [0.4, 0.5) is 0 Å². The highest BCUT2D eigenvalue weighted by Crippen LogP contribution is 2.26. The van der Waals surface area contributed by atoms with Gasteiger partial charge in [0.25, 0.3) is 0 Å². The van der Waals surface area contributed by atoms with Crippen LogP contribution >= 0.6 is 0 Å². The summed E-state index contributed by atoms with van der Waals surface area (Å²) in [6, 6.07) is 5.74. The van der Waals surface area contributed by atoms with Crippen molar-refractivity contribution < 1.29 is 14.9 Å². The van der Waals surface area contributed by atoms with Gasteiger partial charge in [0.2, 0.25) is 0 Å². The second-order valence-electron chi connectivity index (χ2n) is 4.25. The van der Waals surface area contributed by atoms with Crippen LogP contribution in [0, 0.1) is 6.92 Å². The molecule has 4 heteroatoms. The number of likely N-dealkylation sites (N-methyl/N-ethyl adjacent to an activating group) is 1. The highest BCUT2D eigenvalue weighted by molar-refractivity contribution is 5.38. The van der Waals surface area contributed by atoms with E-state index in [9.17, 15) is 5.11 Å². The van der Waals surface area contributed by atoms with E-state index in [1.807, 2.05) is 37.1 Å². The quantitative estimate of drug-likeness (QED) is 0.776. The van der Waals surface area contributed by atoms with E-state index in [0.717, 1.165) is 11.1 Å². The summed E-state index contributed by atoms with van der Waals surface area (Å²) < 4.78 is 5.24. The molecule has 0 bridgehead atoms. The Morgan fingerprint density at radius 2 is 2.12 bits per heavy atom. The molecule has 0 amide bonds. The first-order valence-electron chi connectivity index (χ1n) is 5.70. The van der Waals surface area contributed by atoms with Crippen molar-refractivity contribution in [1.29, 1.82) is 0 Å². The second-order valence-corrected chi connectivity index (χ2v) is 4.25. The number of ether oxygens (including phenoxy) is 1. The van der Waals surface area contributed by atoms with E-state index >= 15 is 0 Å². The fraction of sp³-hybridized carbons (Fsp3) is 0.538. The van der Waals surface area contributed by atoms with Gasteiger partial charge in [0.1, 0.15) is 5.75 Å². The number of rotatable bonds is 6. The van der Waals surface area contributed by atoms with Gasteiger partial charge in [-0.1, -0.05) is 11.6 Å². The average molecular weight is 239 g/mol. The van der Waals surface area contributed by atoms with E-state index < -0.39 is 6.10 Å². The van der Waals surface area contributed by atoms with Crippen molar-refractivity contribution >= 4 is 0 Å². The van der Waals surface area contributed by atoms with Crippen LogP contribution in [0.3, 0.4) is 0 Å². The maximum absolute atomic E-state index is 10.2. The molecule has 0 saturated carbocycles. The molecule has 0 aliphatic carbocycles. The summed E-state index contributed by atoms with van der Waals surface area (Å²) in [4.78, 5) is 1.88. The van der Waals surface area contributed by atoms with Crippen LogP contribution in [-0.4, -0.2) is 49.0 Å². The summed E-state index contributed by atoms with van der Waals surface area (Å²) in [5.41, 5.74) is 1.88. The molecular formula is C13H21NO3. The molecule has 1 aromatic carbocycles. The fourth-order valence-corrected chi connectivity index (χ4v) is 1.77. The summed E-state index contributed by atoms with van der Waals surface area (Å²) in [6.07, 6.45) is -0.610. The Morgan fingerprint density at radius 3 is 2.71 bits per heavy atom. The fourth-order valence-electron chi connectivity index (χ4n) is 1.77. The van der Waals surface area contributed by atoms with Crippen LogP contribution in [-0.2, 0) is 0 Å². The van der Waals surface area contributed by atoms with Gasteiger partial charge in [0.05, 0.1) is 19.8 Å². The number of aryl methyl sites for hydroxylation is 1. The van der Waals surface area contributed by atoms with Crippen molar-refractivity contribution in [2.45, 2.75) is 13.0 Å². The van der Waals surface area contributed by atoms with Crippen LogP contribution in [0.1, 0.15) is 17.2 Å². The van der Waals surface area contributed by atoms with Crippen molar-refractivity contribution in [3.05, 3.63) is 29.3 Å². The largest absolute Gasteiger partial charge is 0.496 e. The molecule has 0 heterocycles. The number of aliphatic hydroxyl groups excluding tert-OH is 2. The molecular weight excluding hydrogens is 218 g/mol. The lowest BCUT2D eigenvalue weighted by Gasteiger charge is -2.21. The Kier molecular flexibility index (Phi) is 5.41. The van der Waals surface area contributed by atoms with Crippen LogP contribution in [0.15, 0.2) is 18.2 Å². The van der Waals surface area contributed by atoms with Crippen molar-refractivity contribution in [3.63, 3.8) is 0 Å². The first kappa shape index (κ1) is 14.0. The predicted octanol–water partition coefficient (Wildman–Crippen LogP) is 0.961. The summed E-state index contributed by atoms with van der Waals surface area (Å²) in [5.74, 6) is 0.695. The number of nitrogens with zero attached hydrogens (tertiary/aromatic N) is 1. The topological polar surface area (TPSA) is 52.9 Å². The molecule has 1 unspecified atom stereocenters. The number of methoxy groups -OCH3 is 1. The third-order valence-electron chi connectivity index (χ3n) is 2.71.